The van der Waals surface area contributed by atoms with Crippen molar-refractivity contribution < 1.29 is 14.7 Å². The number of H-pyrrole nitrogens is 1. The molecule has 2 N–H and O–H groups in total. The van der Waals surface area contributed by atoms with E-state index >= 15 is 0 Å². The SMILES string of the molecule is O=CCC#Cc1ccc2[nH]nc(C(=O)O)c2c1. The number of hydrogen-bond donors (Lipinski definition) is 2. The van der Waals surface area contributed by atoms with Crippen molar-refractivity contribution in [3.05, 3.63) is 29.5 Å². The molecule has 0 unspecified atom stereocenters. The second-order valence-corrected chi connectivity index (χ2v) is 3.31. The molecule has 0 atom stereocenters. The number of fused-ring (bicyclic) bond motifs is 1. The van der Waals surface area contributed by atoms with Crippen LogP contribution in [-0.4, -0.2) is 27.6 Å². The molecule has 0 bridgehead atoms. The summed E-state index contributed by atoms with van der Waals surface area (Å²) >= 11 is 0. The van der Waals surface area contributed by atoms with Gasteiger partial charge in [0.15, 0.2) is 5.69 Å². The maximum Gasteiger partial charge on any atom is 0.357 e. The lowest BCUT2D eigenvalue weighted by molar-refractivity contribution is -0.107. The minimum Gasteiger partial charge on any atom is -0.476 e. The maximum absolute atomic E-state index is 10.9. The molecule has 2 rings (SSSR count). The number of nitrogens with zero attached hydrogens (tertiary/aromatic N) is 1. The molecule has 5 nitrogen and oxygen atoms in total. The highest BCUT2D eigenvalue weighted by Gasteiger charge is 2.12. The van der Waals surface area contributed by atoms with Gasteiger partial charge in [0.1, 0.15) is 6.29 Å². The van der Waals surface area contributed by atoms with Crippen molar-refractivity contribution in [3.8, 4) is 11.8 Å². The number of carboxylic acid groups (broad SMARTS) is 1. The van der Waals surface area contributed by atoms with E-state index in [0.29, 0.717) is 22.8 Å². The summed E-state index contributed by atoms with van der Waals surface area (Å²) in [7, 11) is 0. The van der Waals surface area contributed by atoms with Crippen LogP contribution in [0.4, 0.5) is 0 Å². The quantitative estimate of drug-likeness (QED) is 0.597. The number of aromatic amines is 1. The first kappa shape index (κ1) is 10.9. The lowest BCUT2D eigenvalue weighted by atomic mass is 10.1. The molecule has 0 aliphatic carbocycles. The number of carboxylic acids is 1. The second-order valence-electron chi connectivity index (χ2n) is 3.31. The Balaban J connectivity index is 2.49. The summed E-state index contributed by atoms with van der Waals surface area (Å²) in [5.41, 5.74) is 1.27. The van der Waals surface area contributed by atoms with Gasteiger partial charge in [0.2, 0.25) is 0 Å². The molecule has 17 heavy (non-hydrogen) atoms. The van der Waals surface area contributed by atoms with E-state index in [2.05, 4.69) is 22.0 Å². The molecule has 84 valence electrons. The molecule has 5 heteroatoms. The monoisotopic (exact) mass is 228 g/mol. The molecule has 0 saturated heterocycles. The van der Waals surface area contributed by atoms with E-state index in [9.17, 15) is 9.59 Å². The van der Waals surface area contributed by atoms with E-state index < -0.39 is 5.97 Å². The van der Waals surface area contributed by atoms with Gasteiger partial charge in [0, 0.05) is 10.9 Å². The average molecular weight is 228 g/mol. The summed E-state index contributed by atoms with van der Waals surface area (Å²) in [4.78, 5) is 21.0. The smallest absolute Gasteiger partial charge is 0.357 e. The first-order valence-electron chi connectivity index (χ1n) is 4.86. The van der Waals surface area contributed by atoms with Crippen LogP contribution >= 0.6 is 0 Å². The maximum atomic E-state index is 10.9. The van der Waals surface area contributed by atoms with Crippen molar-refractivity contribution in [2.24, 2.45) is 0 Å². The minimum atomic E-state index is -1.09. The van der Waals surface area contributed by atoms with Crippen LogP contribution in [0.5, 0.6) is 0 Å². The molecule has 0 radical (unpaired) electrons. The van der Waals surface area contributed by atoms with Crippen molar-refractivity contribution >= 4 is 23.2 Å². The summed E-state index contributed by atoms with van der Waals surface area (Å²) in [6.07, 6.45) is 0.876. The standard InChI is InChI=1S/C12H8N2O3/c15-6-2-1-3-8-4-5-10-9(7-8)11(12(16)17)14-13-10/h4-7H,2H2,(H,13,14)(H,16,17). The first-order valence-corrected chi connectivity index (χ1v) is 4.86. The highest BCUT2D eigenvalue weighted by atomic mass is 16.4. The van der Waals surface area contributed by atoms with E-state index in [0.717, 1.165) is 0 Å². The van der Waals surface area contributed by atoms with E-state index in [4.69, 9.17) is 5.11 Å². The Morgan fingerprint density at radius 1 is 1.53 bits per heavy atom. The Labute approximate surface area is 96.5 Å². The third-order valence-electron chi connectivity index (χ3n) is 2.18. The van der Waals surface area contributed by atoms with Gasteiger partial charge in [-0.1, -0.05) is 11.8 Å². The van der Waals surface area contributed by atoms with Crippen molar-refractivity contribution in [2.45, 2.75) is 6.42 Å². The lowest BCUT2D eigenvalue weighted by Gasteiger charge is -1.92. The zero-order valence-electron chi connectivity index (χ0n) is 8.73. The van der Waals surface area contributed by atoms with Crippen LogP contribution in [0.1, 0.15) is 22.5 Å². The molecule has 2 aromatic rings. The molecule has 0 saturated carbocycles. The summed E-state index contributed by atoms with van der Waals surface area (Å²) in [5.74, 6) is 4.35. The largest absolute Gasteiger partial charge is 0.476 e. The molecule has 0 spiro atoms. The van der Waals surface area contributed by atoms with Gasteiger partial charge in [-0.05, 0) is 18.2 Å². The first-order chi connectivity index (χ1) is 8.22. The van der Waals surface area contributed by atoms with Gasteiger partial charge < -0.3 is 9.90 Å². The van der Waals surface area contributed by atoms with Crippen molar-refractivity contribution in [2.75, 3.05) is 0 Å². The highest BCUT2D eigenvalue weighted by Crippen LogP contribution is 2.17. The average Bonchev–Trinajstić information content (AvgIpc) is 2.72. The Kier molecular flexibility index (Phi) is 2.88. The van der Waals surface area contributed by atoms with Crippen molar-refractivity contribution in [1.82, 2.24) is 10.2 Å². The fourth-order valence-corrected chi connectivity index (χ4v) is 1.45. The van der Waals surface area contributed by atoms with Gasteiger partial charge in [-0.15, -0.1) is 0 Å². The van der Waals surface area contributed by atoms with E-state index in [1.807, 2.05) is 0 Å². The summed E-state index contributed by atoms with van der Waals surface area (Å²) < 4.78 is 0. The third kappa shape index (κ3) is 2.16. The van der Waals surface area contributed by atoms with Crippen molar-refractivity contribution in [3.63, 3.8) is 0 Å². The molecule has 0 aliphatic rings. The third-order valence-corrected chi connectivity index (χ3v) is 2.18. The zero-order chi connectivity index (χ0) is 12.3. The molecule has 0 amide bonds. The second kappa shape index (κ2) is 4.49. The molecular weight excluding hydrogens is 220 g/mol. The van der Waals surface area contributed by atoms with Crippen LogP contribution in [-0.2, 0) is 4.79 Å². The summed E-state index contributed by atoms with van der Waals surface area (Å²) in [6.45, 7) is 0. The normalized spacial score (nSPS) is 9.65. The Morgan fingerprint density at radius 3 is 3.06 bits per heavy atom. The van der Waals surface area contributed by atoms with Crippen LogP contribution in [0.2, 0.25) is 0 Å². The van der Waals surface area contributed by atoms with Crippen LogP contribution in [0, 0.1) is 11.8 Å². The molecular formula is C12H8N2O3. The number of benzene rings is 1. The fourth-order valence-electron chi connectivity index (χ4n) is 1.45. The van der Waals surface area contributed by atoms with Crippen molar-refractivity contribution in [1.29, 1.82) is 0 Å². The molecule has 0 aliphatic heterocycles. The van der Waals surface area contributed by atoms with Crippen LogP contribution in [0.3, 0.4) is 0 Å². The van der Waals surface area contributed by atoms with Crippen LogP contribution in [0.15, 0.2) is 18.2 Å². The molecule has 1 aromatic carbocycles. The minimum absolute atomic E-state index is 0.0287. The highest BCUT2D eigenvalue weighted by molar-refractivity contribution is 6.01. The molecule has 1 aromatic heterocycles. The Morgan fingerprint density at radius 2 is 2.35 bits per heavy atom. The fraction of sp³-hybridized carbons (Fsp3) is 0.0833. The van der Waals surface area contributed by atoms with Gasteiger partial charge in [0.05, 0.1) is 11.9 Å². The van der Waals surface area contributed by atoms with Gasteiger partial charge in [0.25, 0.3) is 0 Å². The van der Waals surface area contributed by atoms with Crippen LogP contribution in [0.25, 0.3) is 10.9 Å². The molecule has 0 fully saturated rings. The van der Waals surface area contributed by atoms with E-state index in [1.165, 1.54) is 0 Å². The Hall–Kier alpha value is -2.61. The van der Waals surface area contributed by atoms with E-state index in [1.54, 1.807) is 18.2 Å². The van der Waals surface area contributed by atoms with Gasteiger partial charge in [-0.3, -0.25) is 5.10 Å². The number of aromatic carboxylic acids is 1. The topological polar surface area (TPSA) is 83.0 Å². The molecule has 1 heterocycles. The number of hydrogen-bond acceptors (Lipinski definition) is 3. The predicted octanol–water partition coefficient (Wildman–Crippen LogP) is 1.20. The number of rotatable bonds is 2. The Bertz CT molecular complexity index is 647. The number of carbonyl (C=O) groups is 2. The number of aromatic nitrogens is 2. The van der Waals surface area contributed by atoms with E-state index in [-0.39, 0.29) is 12.1 Å². The van der Waals surface area contributed by atoms with Gasteiger partial charge >= 0.3 is 5.97 Å². The number of nitrogens with one attached hydrogen (secondary N) is 1. The summed E-state index contributed by atoms with van der Waals surface area (Å²) in [5, 5.41) is 15.8. The summed E-state index contributed by atoms with van der Waals surface area (Å²) in [6, 6.07) is 5.09. The zero-order valence-corrected chi connectivity index (χ0v) is 8.73. The number of carbonyl (C=O) groups excluding carboxylic acids is 1. The van der Waals surface area contributed by atoms with Gasteiger partial charge in [-0.25, -0.2) is 4.79 Å². The lowest BCUT2D eigenvalue weighted by Crippen LogP contribution is -1.96. The van der Waals surface area contributed by atoms with Gasteiger partial charge in [-0.2, -0.15) is 5.10 Å². The predicted molar refractivity (Wildman–Crippen MR) is 60.6 cm³/mol. The number of aldehydes is 1. The van der Waals surface area contributed by atoms with Crippen LogP contribution < -0.4 is 0 Å².